The fourth-order valence-corrected chi connectivity index (χ4v) is 1.42. The van der Waals surface area contributed by atoms with Crippen LogP contribution in [0.4, 0.5) is 0 Å². The smallest absolute Gasteiger partial charge is 0.305 e. The molecule has 1 atom stereocenters. The molecule has 1 saturated heterocycles. The van der Waals surface area contributed by atoms with Gasteiger partial charge in [-0.1, -0.05) is 0 Å². The van der Waals surface area contributed by atoms with Crippen molar-refractivity contribution < 1.29 is 14.3 Å². The third-order valence-corrected chi connectivity index (χ3v) is 2.15. The molecule has 0 aliphatic carbocycles. The monoisotopic (exact) mass is 185 g/mol. The van der Waals surface area contributed by atoms with Crippen LogP contribution in [-0.2, 0) is 14.3 Å². The van der Waals surface area contributed by atoms with Gasteiger partial charge >= 0.3 is 5.97 Å². The lowest BCUT2D eigenvalue weighted by atomic mass is 10.0. The molecule has 0 aromatic rings. The standard InChI is InChI=1S/C9H15NO3/c1-2-13-9(12)4-3-7-5-10-6-8(7)11/h7,10H,2-6H2,1H3. The number of carbonyl (C=O) groups excluding carboxylic acids is 2. The summed E-state index contributed by atoms with van der Waals surface area (Å²) in [6, 6.07) is 0. The van der Waals surface area contributed by atoms with E-state index in [0.717, 1.165) is 0 Å². The second-order valence-corrected chi connectivity index (χ2v) is 3.14. The summed E-state index contributed by atoms with van der Waals surface area (Å²) in [7, 11) is 0. The number of hydrogen-bond donors (Lipinski definition) is 1. The Hall–Kier alpha value is -0.900. The van der Waals surface area contributed by atoms with E-state index in [0.29, 0.717) is 32.5 Å². The van der Waals surface area contributed by atoms with Gasteiger partial charge in [-0.2, -0.15) is 0 Å². The van der Waals surface area contributed by atoms with Crippen molar-refractivity contribution in [3.05, 3.63) is 0 Å². The molecule has 0 spiro atoms. The number of nitrogens with one attached hydrogen (secondary N) is 1. The van der Waals surface area contributed by atoms with Gasteiger partial charge in [-0.05, 0) is 13.3 Å². The Morgan fingerprint density at radius 2 is 2.46 bits per heavy atom. The molecular weight excluding hydrogens is 170 g/mol. The molecule has 1 aliphatic heterocycles. The minimum absolute atomic E-state index is 0.0180. The highest BCUT2D eigenvalue weighted by Crippen LogP contribution is 2.11. The summed E-state index contributed by atoms with van der Waals surface area (Å²) >= 11 is 0. The van der Waals surface area contributed by atoms with Gasteiger partial charge in [0.05, 0.1) is 13.2 Å². The Labute approximate surface area is 77.6 Å². The Kier molecular flexibility index (Phi) is 3.89. The molecule has 1 unspecified atom stereocenters. The van der Waals surface area contributed by atoms with Crippen molar-refractivity contribution in [1.29, 1.82) is 0 Å². The normalized spacial score (nSPS) is 21.9. The average molecular weight is 185 g/mol. The summed E-state index contributed by atoms with van der Waals surface area (Å²) in [6.07, 6.45) is 0.969. The number of esters is 1. The lowest BCUT2D eigenvalue weighted by molar-refractivity contribution is -0.143. The first-order valence-electron chi connectivity index (χ1n) is 4.63. The zero-order valence-corrected chi connectivity index (χ0v) is 7.84. The van der Waals surface area contributed by atoms with Crippen LogP contribution < -0.4 is 5.32 Å². The van der Waals surface area contributed by atoms with Gasteiger partial charge in [0.25, 0.3) is 0 Å². The van der Waals surface area contributed by atoms with Gasteiger partial charge in [0.1, 0.15) is 0 Å². The molecule has 0 aromatic heterocycles. The lowest BCUT2D eigenvalue weighted by Crippen LogP contribution is -2.14. The van der Waals surface area contributed by atoms with E-state index in [2.05, 4.69) is 5.32 Å². The molecule has 0 radical (unpaired) electrons. The average Bonchev–Trinajstić information content (AvgIpc) is 2.48. The number of hydrogen-bond acceptors (Lipinski definition) is 4. The van der Waals surface area contributed by atoms with Crippen LogP contribution >= 0.6 is 0 Å². The molecule has 4 nitrogen and oxygen atoms in total. The summed E-state index contributed by atoms with van der Waals surface area (Å²) in [5.74, 6) is 0.0240. The molecule has 13 heavy (non-hydrogen) atoms. The predicted molar refractivity (Wildman–Crippen MR) is 47.2 cm³/mol. The van der Waals surface area contributed by atoms with Gasteiger partial charge < -0.3 is 10.1 Å². The molecule has 1 N–H and O–H groups in total. The Morgan fingerprint density at radius 1 is 1.69 bits per heavy atom. The molecule has 1 fully saturated rings. The predicted octanol–water partition coefficient (Wildman–Crippen LogP) is 0.118. The molecule has 1 rings (SSSR count). The molecule has 0 saturated carbocycles. The van der Waals surface area contributed by atoms with E-state index in [1.165, 1.54) is 0 Å². The van der Waals surface area contributed by atoms with Crippen molar-refractivity contribution in [2.45, 2.75) is 19.8 Å². The van der Waals surface area contributed by atoms with E-state index in [1.54, 1.807) is 6.92 Å². The summed E-state index contributed by atoms with van der Waals surface area (Å²) < 4.78 is 4.77. The molecular formula is C9H15NO3. The van der Waals surface area contributed by atoms with Crippen LogP contribution in [0.5, 0.6) is 0 Å². The lowest BCUT2D eigenvalue weighted by Gasteiger charge is -2.05. The highest BCUT2D eigenvalue weighted by molar-refractivity contribution is 5.85. The number of Topliss-reactive ketones (excluding diaryl/α,β-unsaturated/α-hetero) is 1. The third-order valence-electron chi connectivity index (χ3n) is 2.15. The van der Waals surface area contributed by atoms with E-state index >= 15 is 0 Å². The number of rotatable bonds is 4. The van der Waals surface area contributed by atoms with Crippen LogP contribution in [0.25, 0.3) is 0 Å². The van der Waals surface area contributed by atoms with E-state index in [4.69, 9.17) is 4.74 Å². The van der Waals surface area contributed by atoms with Crippen LogP contribution in [-0.4, -0.2) is 31.4 Å². The van der Waals surface area contributed by atoms with Crippen molar-refractivity contribution in [3.63, 3.8) is 0 Å². The van der Waals surface area contributed by atoms with Crippen molar-refractivity contribution in [2.24, 2.45) is 5.92 Å². The minimum atomic E-state index is -0.206. The van der Waals surface area contributed by atoms with Crippen LogP contribution in [0.2, 0.25) is 0 Å². The van der Waals surface area contributed by atoms with E-state index < -0.39 is 0 Å². The maximum Gasteiger partial charge on any atom is 0.305 e. The van der Waals surface area contributed by atoms with Gasteiger partial charge in [0.2, 0.25) is 0 Å². The Bertz CT molecular complexity index is 203. The first-order valence-corrected chi connectivity index (χ1v) is 4.63. The quantitative estimate of drug-likeness (QED) is 0.632. The summed E-state index contributed by atoms with van der Waals surface area (Å²) in [4.78, 5) is 22.1. The van der Waals surface area contributed by atoms with E-state index in [-0.39, 0.29) is 17.7 Å². The summed E-state index contributed by atoms with van der Waals surface area (Å²) in [6.45, 7) is 3.35. The van der Waals surface area contributed by atoms with Crippen molar-refractivity contribution in [3.8, 4) is 0 Å². The molecule has 4 heteroatoms. The highest BCUT2D eigenvalue weighted by atomic mass is 16.5. The van der Waals surface area contributed by atoms with Gasteiger partial charge in [0, 0.05) is 18.9 Å². The SMILES string of the molecule is CCOC(=O)CCC1CNCC1=O. The number of carbonyl (C=O) groups is 2. The van der Waals surface area contributed by atoms with Crippen molar-refractivity contribution in [1.82, 2.24) is 5.32 Å². The molecule has 1 aliphatic rings. The summed E-state index contributed by atoms with van der Waals surface area (Å²) in [5, 5.41) is 2.98. The van der Waals surface area contributed by atoms with E-state index in [9.17, 15) is 9.59 Å². The largest absolute Gasteiger partial charge is 0.466 e. The van der Waals surface area contributed by atoms with Crippen molar-refractivity contribution >= 4 is 11.8 Å². The van der Waals surface area contributed by atoms with Gasteiger partial charge in [-0.15, -0.1) is 0 Å². The van der Waals surface area contributed by atoms with Crippen molar-refractivity contribution in [2.75, 3.05) is 19.7 Å². The first kappa shape index (κ1) is 10.2. The van der Waals surface area contributed by atoms with Crippen LogP contribution in [0, 0.1) is 5.92 Å². The first-order chi connectivity index (χ1) is 6.24. The molecule has 0 bridgehead atoms. The maximum absolute atomic E-state index is 11.1. The Balaban J connectivity index is 2.18. The topological polar surface area (TPSA) is 55.4 Å². The highest BCUT2D eigenvalue weighted by Gasteiger charge is 2.24. The van der Waals surface area contributed by atoms with Gasteiger partial charge in [0.15, 0.2) is 5.78 Å². The zero-order valence-electron chi connectivity index (χ0n) is 7.84. The molecule has 1 heterocycles. The van der Waals surface area contributed by atoms with E-state index in [1.807, 2.05) is 0 Å². The summed E-state index contributed by atoms with van der Waals surface area (Å²) in [5.41, 5.74) is 0. The molecule has 0 amide bonds. The fourth-order valence-electron chi connectivity index (χ4n) is 1.42. The number of ketones is 1. The van der Waals surface area contributed by atoms with Crippen LogP contribution in [0.1, 0.15) is 19.8 Å². The number of ether oxygens (including phenoxy) is 1. The van der Waals surface area contributed by atoms with Crippen LogP contribution in [0.15, 0.2) is 0 Å². The second kappa shape index (κ2) is 4.97. The minimum Gasteiger partial charge on any atom is -0.466 e. The van der Waals surface area contributed by atoms with Crippen LogP contribution in [0.3, 0.4) is 0 Å². The van der Waals surface area contributed by atoms with Gasteiger partial charge in [-0.3, -0.25) is 9.59 Å². The Morgan fingerprint density at radius 3 is 3.00 bits per heavy atom. The second-order valence-electron chi connectivity index (χ2n) is 3.14. The third kappa shape index (κ3) is 3.14. The zero-order chi connectivity index (χ0) is 9.68. The van der Waals surface area contributed by atoms with Gasteiger partial charge in [-0.25, -0.2) is 0 Å². The molecule has 74 valence electrons. The fraction of sp³-hybridized carbons (Fsp3) is 0.778. The maximum atomic E-state index is 11.1. The molecule has 0 aromatic carbocycles.